The van der Waals surface area contributed by atoms with E-state index >= 15 is 0 Å². The fourth-order valence-corrected chi connectivity index (χ4v) is 5.82. The van der Waals surface area contributed by atoms with Gasteiger partial charge in [0.15, 0.2) is 17.3 Å². The Morgan fingerprint density at radius 3 is 2.57 bits per heavy atom. The maximum atomic E-state index is 13.8. The molecule has 2 aliphatic rings. The van der Waals surface area contributed by atoms with Gasteiger partial charge in [-0.3, -0.25) is 4.79 Å². The molecule has 0 spiro atoms. The zero-order valence-electron chi connectivity index (χ0n) is 21.6. The molecule has 1 aliphatic heterocycles. The van der Waals surface area contributed by atoms with Crippen molar-refractivity contribution in [3.63, 3.8) is 0 Å². The summed E-state index contributed by atoms with van der Waals surface area (Å²) in [5, 5.41) is 3.89. The van der Waals surface area contributed by atoms with Crippen LogP contribution in [0.4, 0.5) is 0 Å². The minimum absolute atomic E-state index is 0.0159. The van der Waals surface area contributed by atoms with E-state index in [1.54, 1.807) is 32.0 Å². The lowest BCUT2D eigenvalue weighted by Gasteiger charge is -2.37. The smallest absolute Gasteiger partial charge is 0.336 e. The molecule has 196 valence electrons. The highest BCUT2D eigenvalue weighted by molar-refractivity contribution is 7.99. The average molecular weight is 542 g/mol. The summed E-state index contributed by atoms with van der Waals surface area (Å²) in [5.41, 5.74) is 4.24. The second-order valence-electron chi connectivity index (χ2n) is 8.99. The van der Waals surface area contributed by atoms with E-state index < -0.39 is 11.9 Å². The second kappa shape index (κ2) is 12.1. The number of esters is 1. The van der Waals surface area contributed by atoms with E-state index in [9.17, 15) is 9.59 Å². The standard InChI is InChI=1S/C29H32ClNO5S/c1-5-37-13-12-36-29(33)26-17(2)31-22-14-19(18-10-11-24(34-3)25(16-18)35-4)15-23(32)28(22)27(26)20-8-6-7-9-21(20)30/h6-11,16,19,27,31H,5,12-15H2,1-4H3/t19-,27-/m0/s1. The first-order valence-corrected chi connectivity index (χ1v) is 13.9. The van der Waals surface area contributed by atoms with Crippen LogP contribution < -0.4 is 14.8 Å². The summed E-state index contributed by atoms with van der Waals surface area (Å²) in [7, 11) is 3.20. The van der Waals surface area contributed by atoms with Crippen LogP contribution in [0.15, 0.2) is 65.0 Å². The molecule has 0 saturated heterocycles. The molecule has 0 saturated carbocycles. The van der Waals surface area contributed by atoms with Gasteiger partial charge in [0.25, 0.3) is 0 Å². The van der Waals surface area contributed by atoms with Crippen LogP contribution in [0.5, 0.6) is 11.5 Å². The molecule has 1 heterocycles. The van der Waals surface area contributed by atoms with Gasteiger partial charge in [0.2, 0.25) is 0 Å². The number of thioether (sulfide) groups is 1. The highest BCUT2D eigenvalue weighted by Gasteiger charge is 2.42. The number of ether oxygens (including phenoxy) is 3. The number of carbonyl (C=O) groups is 2. The van der Waals surface area contributed by atoms with E-state index in [-0.39, 0.29) is 11.7 Å². The third-order valence-corrected chi connectivity index (χ3v) is 8.02. The van der Waals surface area contributed by atoms with E-state index in [1.165, 1.54) is 0 Å². The number of rotatable bonds is 9. The normalized spacial score (nSPS) is 19.3. The number of allylic oxidation sites excluding steroid dienone is 3. The molecule has 1 aliphatic carbocycles. The van der Waals surface area contributed by atoms with Crippen LogP contribution >= 0.6 is 23.4 Å². The van der Waals surface area contributed by atoms with Crippen LogP contribution in [0.25, 0.3) is 0 Å². The Kier molecular flexibility index (Phi) is 8.87. The molecule has 2 atom stereocenters. The SMILES string of the molecule is CCSCCOC(=O)C1=C(C)NC2=C(C(=O)C[C@@H](c3ccc(OC)c(OC)c3)C2)[C@H]1c1ccccc1Cl. The van der Waals surface area contributed by atoms with Crippen LogP contribution in [0.3, 0.4) is 0 Å². The summed E-state index contributed by atoms with van der Waals surface area (Å²) >= 11 is 8.34. The minimum Gasteiger partial charge on any atom is -0.493 e. The number of carbonyl (C=O) groups excluding carboxylic acids is 2. The highest BCUT2D eigenvalue weighted by atomic mass is 35.5. The van der Waals surface area contributed by atoms with Gasteiger partial charge in [0.1, 0.15) is 6.61 Å². The maximum absolute atomic E-state index is 13.8. The van der Waals surface area contributed by atoms with Gasteiger partial charge in [-0.1, -0.05) is 42.8 Å². The fourth-order valence-electron chi connectivity index (χ4n) is 5.09. The predicted octanol–water partition coefficient (Wildman–Crippen LogP) is 6.02. The summed E-state index contributed by atoms with van der Waals surface area (Å²) in [4.78, 5) is 27.1. The molecule has 1 N–H and O–H groups in total. The van der Waals surface area contributed by atoms with E-state index in [1.807, 2.05) is 43.3 Å². The monoisotopic (exact) mass is 541 g/mol. The summed E-state index contributed by atoms with van der Waals surface area (Å²) < 4.78 is 16.5. The molecule has 0 unspecified atom stereocenters. The first kappa shape index (κ1) is 27.1. The predicted molar refractivity (Wildman–Crippen MR) is 148 cm³/mol. The first-order chi connectivity index (χ1) is 17.9. The van der Waals surface area contributed by atoms with Crippen molar-refractivity contribution in [2.75, 3.05) is 32.3 Å². The Balaban J connectivity index is 1.72. The van der Waals surface area contributed by atoms with Crippen LogP contribution in [0.2, 0.25) is 5.02 Å². The Labute approximate surface area is 227 Å². The van der Waals surface area contributed by atoms with E-state index in [2.05, 4.69) is 12.2 Å². The Morgan fingerprint density at radius 2 is 1.86 bits per heavy atom. The number of hydrogen-bond acceptors (Lipinski definition) is 7. The van der Waals surface area contributed by atoms with Gasteiger partial charge in [-0.05, 0) is 54.3 Å². The summed E-state index contributed by atoms with van der Waals surface area (Å²) in [5.74, 6) is 1.87. The van der Waals surface area contributed by atoms with Gasteiger partial charge in [-0.15, -0.1) is 0 Å². The van der Waals surface area contributed by atoms with Gasteiger partial charge in [-0.2, -0.15) is 11.8 Å². The zero-order valence-corrected chi connectivity index (χ0v) is 23.1. The zero-order chi connectivity index (χ0) is 26.5. The fraction of sp³-hybridized carbons (Fsp3) is 0.379. The molecule has 0 aromatic heterocycles. The molecule has 8 heteroatoms. The molecular formula is C29H32ClNO5S. The first-order valence-electron chi connectivity index (χ1n) is 12.3. The number of halogens is 1. The van der Waals surface area contributed by atoms with E-state index in [4.69, 9.17) is 25.8 Å². The number of dihydropyridines is 1. The molecule has 0 bridgehead atoms. The molecular weight excluding hydrogens is 510 g/mol. The van der Waals surface area contributed by atoms with E-state index in [0.29, 0.717) is 52.8 Å². The number of methoxy groups -OCH3 is 2. The van der Waals surface area contributed by atoms with Crippen molar-refractivity contribution in [3.05, 3.63) is 81.2 Å². The van der Waals surface area contributed by atoms with Crippen molar-refractivity contribution >= 4 is 35.1 Å². The molecule has 37 heavy (non-hydrogen) atoms. The van der Waals surface area contributed by atoms with Crippen LogP contribution in [-0.4, -0.2) is 44.1 Å². The third kappa shape index (κ3) is 5.68. The Morgan fingerprint density at radius 1 is 1.11 bits per heavy atom. The quantitative estimate of drug-likeness (QED) is 0.307. The minimum atomic E-state index is -0.588. The number of benzene rings is 2. The summed E-state index contributed by atoms with van der Waals surface area (Å²) in [6.45, 7) is 4.23. The molecule has 0 amide bonds. The van der Waals surface area contributed by atoms with Crippen molar-refractivity contribution in [1.29, 1.82) is 0 Å². The topological polar surface area (TPSA) is 73.9 Å². The summed E-state index contributed by atoms with van der Waals surface area (Å²) in [6.07, 6.45) is 0.926. The second-order valence-corrected chi connectivity index (χ2v) is 10.8. The molecule has 4 rings (SSSR count). The molecule has 2 aromatic rings. The van der Waals surface area contributed by atoms with Gasteiger partial charge < -0.3 is 19.5 Å². The Hall–Kier alpha value is -2.90. The average Bonchev–Trinajstić information content (AvgIpc) is 2.90. The molecule has 0 fully saturated rings. The van der Waals surface area contributed by atoms with Crippen molar-refractivity contribution in [2.45, 2.75) is 38.5 Å². The summed E-state index contributed by atoms with van der Waals surface area (Å²) in [6, 6.07) is 13.1. The van der Waals surface area contributed by atoms with Crippen molar-refractivity contribution in [1.82, 2.24) is 5.32 Å². The van der Waals surface area contributed by atoms with Crippen molar-refractivity contribution < 1.29 is 23.8 Å². The van der Waals surface area contributed by atoms with E-state index in [0.717, 1.165) is 28.3 Å². The van der Waals surface area contributed by atoms with Gasteiger partial charge in [-0.25, -0.2) is 4.79 Å². The number of hydrogen-bond donors (Lipinski definition) is 1. The highest BCUT2D eigenvalue weighted by Crippen LogP contribution is 2.47. The lowest BCUT2D eigenvalue weighted by molar-refractivity contribution is -0.138. The largest absolute Gasteiger partial charge is 0.493 e. The number of Topliss-reactive ketones (excluding diaryl/α,β-unsaturated/α-hetero) is 1. The van der Waals surface area contributed by atoms with Crippen LogP contribution in [0.1, 0.15) is 49.7 Å². The molecule has 0 radical (unpaired) electrons. The van der Waals surface area contributed by atoms with Crippen LogP contribution in [-0.2, 0) is 14.3 Å². The number of nitrogens with one attached hydrogen (secondary N) is 1. The maximum Gasteiger partial charge on any atom is 0.336 e. The van der Waals surface area contributed by atoms with Gasteiger partial charge >= 0.3 is 5.97 Å². The molecule has 6 nitrogen and oxygen atoms in total. The Bertz CT molecular complexity index is 1250. The van der Waals surface area contributed by atoms with Gasteiger partial charge in [0, 0.05) is 40.1 Å². The lowest BCUT2D eigenvalue weighted by atomic mass is 9.71. The third-order valence-electron chi connectivity index (χ3n) is 6.81. The van der Waals surface area contributed by atoms with Gasteiger partial charge in [0.05, 0.1) is 19.8 Å². The van der Waals surface area contributed by atoms with Crippen molar-refractivity contribution in [3.8, 4) is 11.5 Å². The van der Waals surface area contributed by atoms with Crippen LogP contribution in [0, 0.1) is 0 Å². The van der Waals surface area contributed by atoms with Crippen molar-refractivity contribution in [2.24, 2.45) is 0 Å². The lowest BCUT2D eigenvalue weighted by Crippen LogP contribution is -2.36. The number of ketones is 1. The molecule has 2 aromatic carbocycles.